The Hall–Kier alpha value is -6.01. The SMILES string of the molecule is CC#CC#CC#CC#CC#CC#CC#CC#CC#CC#CC#CC#CC(=O)N[C@@H](CO[C@H]1OC(CO)[C@@H](C)[C@H](C)C1C)[C@@H]1OC(C)(C)O[C@@H]1CCCCCCCCCCCCCC. The van der Waals surface area contributed by atoms with E-state index in [1.54, 1.807) is 6.92 Å². The summed E-state index contributed by atoms with van der Waals surface area (Å²) in [5.41, 5.74) is 0. The lowest BCUT2D eigenvalue weighted by Gasteiger charge is -2.43. The van der Waals surface area contributed by atoms with Crippen molar-refractivity contribution in [3.05, 3.63) is 0 Å². The van der Waals surface area contributed by atoms with E-state index in [1.165, 1.54) is 64.2 Å². The number of carbonyl (C=O) groups excluding carboxylic acids is 1. The molecule has 0 spiro atoms. The number of aliphatic hydroxyl groups is 1. The highest BCUT2D eigenvalue weighted by Gasteiger charge is 2.46. The van der Waals surface area contributed by atoms with Crippen molar-refractivity contribution in [3.63, 3.8) is 0 Å². The maximum absolute atomic E-state index is 13.2. The van der Waals surface area contributed by atoms with Crippen molar-refractivity contribution in [3.8, 4) is 142 Å². The van der Waals surface area contributed by atoms with E-state index < -0.39 is 30.1 Å². The molecule has 8 atom stereocenters. The van der Waals surface area contributed by atoms with Gasteiger partial charge in [-0.05, 0) is 134 Å². The van der Waals surface area contributed by atoms with E-state index in [1.807, 2.05) is 13.8 Å². The molecule has 63 heavy (non-hydrogen) atoms. The smallest absolute Gasteiger partial charge is 0.297 e. The van der Waals surface area contributed by atoms with E-state index >= 15 is 0 Å². The third-order valence-corrected chi connectivity index (χ3v) is 10.5. The van der Waals surface area contributed by atoms with Gasteiger partial charge in [-0.15, -0.1) is 0 Å². The first-order valence-electron chi connectivity index (χ1n) is 22.1. The number of amides is 1. The summed E-state index contributed by atoms with van der Waals surface area (Å²) in [5.74, 6) is 60.2. The lowest BCUT2D eigenvalue weighted by molar-refractivity contribution is -0.257. The number of carbonyl (C=O) groups is 1. The molecule has 2 rings (SSSR count). The monoisotopic (exact) mass is 843 g/mol. The minimum absolute atomic E-state index is 0.0672. The van der Waals surface area contributed by atoms with E-state index in [2.05, 4.69) is 175 Å². The molecule has 2 heterocycles. The van der Waals surface area contributed by atoms with Crippen LogP contribution in [0.4, 0.5) is 0 Å². The van der Waals surface area contributed by atoms with Crippen LogP contribution >= 0.6 is 0 Å². The summed E-state index contributed by atoms with van der Waals surface area (Å²) in [7, 11) is 0. The number of rotatable bonds is 19. The minimum atomic E-state index is -0.841. The van der Waals surface area contributed by atoms with E-state index in [9.17, 15) is 9.90 Å². The van der Waals surface area contributed by atoms with Gasteiger partial charge in [0.15, 0.2) is 12.1 Å². The second kappa shape index (κ2) is 33.6. The van der Waals surface area contributed by atoms with Gasteiger partial charge in [-0.1, -0.05) is 111 Å². The van der Waals surface area contributed by atoms with Crippen LogP contribution in [0, 0.1) is 160 Å². The predicted molar refractivity (Wildman–Crippen MR) is 250 cm³/mol. The average Bonchev–Trinajstić information content (AvgIpc) is 3.58. The largest absolute Gasteiger partial charge is 0.394 e. The Morgan fingerprint density at radius 2 is 1.02 bits per heavy atom. The predicted octanol–water partition coefficient (Wildman–Crippen LogP) is 6.79. The minimum Gasteiger partial charge on any atom is -0.394 e. The average molecular weight is 844 g/mol. The Morgan fingerprint density at radius 1 is 0.587 bits per heavy atom. The Labute approximate surface area is 380 Å². The molecule has 0 radical (unpaired) electrons. The first-order valence-corrected chi connectivity index (χ1v) is 22.1. The summed E-state index contributed by atoms with van der Waals surface area (Å²) in [6.45, 7) is 14.0. The highest BCUT2D eigenvalue weighted by Crippen LogP contribution is 2.37. The molecule has 2 saturated heterocycles. The van der Waals surface area contributed by atoms with Gasteiger partial charge in [0.25, 0.3) is 5.91 Å². The molecule has 0 aromatic carbocycles. The molecule has 0 bridgehead atoms. The summed E-state index contributed by atoms with van der Waals surface area (Å²) in [5, 5.41) is 13.0. The second-order valence-electron chi connectivity index (χ2n) is 15.7. The van der Waals surface area contributed by atoms with Crippen molar-refractivity contribution in [2.24, 2.45) is 17.8 Å². The van der Waals surface area contributed by atoms with Crippen molar-refractivity contribution >= 4 is 5.91 Å². The Kier molecular flexibility index (Phi) is 28.3. The fourth-order valence-corrected chi connectivity index (χ4v) is 6.90. The lowest BCUT2D eigenvalue weighted by Crippen LogP contribution is -2.53. The summed E-state index contributed by atoms with van der Waals surface area (Å²) >= 11 is 0. The zero-order valence-corrected chi connectivity index (χ0v) is 38.2. The molecular weight excluding hydrogens is 783 g/mol. The summed E-state index contributed by atoms with van der Waals surface area (Å²) in [4.78, 5) is 13.2. The highest BCUT2D eigenvalue weighted by atomic mass is 16.8. The van der Waals surface area contributed by atoms with E-state index in [0.717, 1.165) is 19.3 Å². The molecule has 0 aromatic heterocycles. The van der Waals surface area contributed by atoms with Crippen molar-refractivity contribution in [2.75, 3.05) is 13.2 Å². The molecule has 7 nitrogen and oxygen atoms in total. The van der Waals surface area contributed by atoms with Crippen LogP contribution in [0.25, 0.3) is 0 Å². The summed E-state index contributed by atoms with van der Waals surface area (Å²) in [6, 6.07) is -0.591. The number of hydrogen-bond acceptors (Lipinski definition) is 6. The van der Waals surface area contributed by atoms with E-state index in [0.29, 0.717) is 0 Å². The van der Waals surface area contributed by atoms with Gasteiger partial charge < -0.3 is 29.4 Å². The molecule has 2 unspecified atom stereocenters. The molecule has 2 aliphatic heterocycles. The summed E-state index contributed by atoms with van der Waals surface area (Å²) in [6.07, 6.45) is 14.3. The van der Waals surface area contributed by atoms with Gasteiger partial charge in [0, 0.05) is 47.4 Å². The number of nitrogens with one attached hydrogen (secondary N) is 1. The van der Waals surface area contributed by atoms with Gasteiger partial charge in [-0.3, -0.25) is 4.79 Å². The Balaban J connectivity index is 2.01. The van der Waals surface area contributed by atoms with Crippen LogP contribution in [0.5, 0.6) is 0 Å². The Bertz CT molecular complexity index is 2270. The zero-order chi connectivity index (χ0) is 45.8. The molecule has 2 aliphatic rings. The zero-order valence-electron chi connectivity index (χ0n) is 38.2. The lowest BCUT2D eigenvalue weighted by atomic mass is 9.79. The maximum atomic E-state index is 13.2. The normalized spacial score (nSPS) is 20.9. The van der Waals surface area contributed by atoms with Gasteiger partial charge in [0.1, 0.15) is 6.10 Å². The first-order chi connectivity index (χ1) is 30.6. The van der Waals surface area contributed by atoms with Crippen molar-refractivity contribution < 1.29 is 28.8 Å². The molecular formula is C56H61NO6. The number of unbranched alkanes of at least 4 members (excludes halogenated alkanes) is 11. The van der Waals surface area contributed by atoms with Crippen LogP contribution in [0.3, 0.4) is 0 Å². The Morgan fingerprint density at radius 3 is 1.46 bits per heavy atom. The van der Waals surface area contributed by atoms with Gasteiger partial charge >= 0.3 is 0 Å². The van der Waals surface area contributed by atoms with Crippen molar-refractivity contribution in [1.82, 2.24) is 5.32 Å². The fraction of sp³-hybridized carbons (Fsp3) is 0.554. The van der Waals surface area contributed by atoms with Crippen LogP contribution in [-0.4, -0.2) is 60.7 Å². The first kappa shape index (κ1) is 53.1. The molecule has 1 amide bonds. The summed E-state index contributed by atoms with van der Waals surface area (Å²) < 4.78 is 25.4. The second-order valence-corrected chi connectivity index (χ2v) is 15.7. The fourth-order valence-electron chi connectivity index (χ4n) is 6.90. The van der Waals surface area contributed by atoms with Crippen LogP contribution in [0.2, 0.25) is 0 Å². The molecule has 0 aliphatic carbocycles. The molecule has 7 heteroatoms. The third kappa shape index (κ3) is 24.3. The molecule has 0 aromatic rings. The molecule has 326 valence electrons. The topological polar surface area (TPSA) is 86.3 Å². The number of aliphatic hydroxyl groups excluding tert-OH is 1. The van der Waals surface area contributed by atoms with Crippen LogP contribution in [0.1, 0.15) is 132 Å². The molecule has 2 fully saturated rings. The van der Waals surface area contributed by atoms with E-state index in [-0.39, 0.29) is 43.2 Å². The number of ether oxygens (including phenoxy) is 4. The van der Waals surface area contributed by atoms with Crippen LogP contribution in [-0.2, 0) is 23.7 Å². The van der Waals surface area contributed by atoms with E-state index in [4.69, 9.17) is 18.9 Å². The quantitative estimate of drug-likeness (QED) is 0.110. The van der Waals surface area contributed by atoms with Gasteiger partial charge in [-0.2, -0.15) is 0 Å². The number of hydrogen-bond donors (Lipinski definition) is 2. The third-order valence-electron chi connectivity index (χ3n) is 10.5. The highest BCUT2D eigenvalue weighted by molar-refractivity contribution is 5.94. The van der Waals surface area contributed by atoms with Crippen LogP contribution in [0.15, 0.2) is 0 Å². The van der Waals surface area contributed by atoms with Crippen LogP contribution < -0.4 is 5.32 Å². The maximum Gasteiger partial charge on any atom is 0.297 e. The van der Waals surface area contributed by atoms with Crippen molar-refractivity contribution in [2.45, 2.75) is 168 Å². The standard InChI is InChI=1S/C56H61NO6/c1-8-10-12-14-16-18-20-22-23-24-25-26-27-28-29-30-31-32-34-36-38-40-42-44-53(59)57-50(46-60-55-49(5)47(3)48(4)52(45-58)61-55)54-51(62-56(6,7)63-54)43-41-39-37-35-33-21-19-17-15-13-11-9-2/h47-52,54-55,58H,9,11,13,15,17,19,21,33,35,37,39,41,43,45-46H2,1-7H3,(H,57,59)/t47-,48-,49?,50-,51+,52?,54-,55-/m0/s1. The van der Waals surface area contributed by atoms with Gasteiger partial charge in [0.2, 0.25) is 0 Å². The van der Waals surface area contributed by atoms with Gasteiger partial charge in [0.05, 0.1) is 31.5 Å². The molecule has 0 saturated carbocycles. The van der Waals surface area contributed by atoms with Crippen molar-refractivity contribution in [1.29, 1.82) is 0 Å². The van der Waals surface area contributed by atoms with Gasteiger partial charge in [-0.25, -0.2) is 0 Å². The molecule has 2 N–H and O–H groups in total.